The molecule has 0 aliphatic rings. The molecule has 19 heavy (non-hydrogen) atoms. The number of carbonyl (C=O) groups excluding carboxylic acids is 1. The number of nitrogens with zero attached hydrogens (tertiary/aromatic N) is 1. The minimum absolute atomic E-state index is 0.121. The highest BCUT2D eigenvalue weighted by molar-refractivity contribution is 6.14. The van der Waals surface area contributed by atoms with Gasteiger partial charge in [0.05, 0.1) is 5.54 Å². The molecule has 0 spiro atoms. The van der Waals surface area contributed by atoms with Gasteiger partial charge in [-0.3, -0.25) is 9.80 Å². The minimum Gasteiger partial charge on any atom is -0.268 e. The first-order valence-corrected chi connectivity index (χ1v) is 7.07. The van der Waals surface area contributed by atoms with E-state index in [9.17, 15) is 4.79 Å². The smallest absolute Gasteiger partial charge is 0.268 e. The predicted molar refractivity (Wildman–Crippen MR) is 80.0 cm³/mol. The van der Waals surface area contributed by atoms with Crippen LogP contribution < -0.4 is 4.94 Å². The second-order valence-corrected chi connectivity index (χ2v) is 5.87. The predicted octanol–water partition coefficient (Wildman–Crippen LogP) is 3.93. The molecule has 0 aliphatic carbocycles. The van der Waals surface area contributed by atoms with Gasteiger partial charge in [0.15, 0.2) is 0 Å². The first-order chi connectivity index (χ1) is 8.90. The summed E-state index contributed by atoms with van der Waals surface area (Å²) >= 11 is 5.65. The van der Waals surface area contributed by atoms with Crippen LogP contribution in [0, 0.1) is 0 Å². The molecule has 1 amide bonds. The fraction of sp³-hybridized carbons (Fsp3) is 0.533. The Morgan fingerprint density at radius 2 is 1.84 bits per heavy atom. The Bertz CT molecular complexity index is 409. The molecule has 0 saturated carbocycles. The average Bonchev–Trinajstić information content (AvgIpc) is 2.36. The molecule has 0 fully saturated rings. The van der Waals surface area contributed by atoms with Crippen molar-refractivity contribution in [2.45, 2.75) is 52.5 Å². The number of amides is 1. The second kappa shape index (κ2) is 6.92. The van der Waals surface area contributed by atoms with Crippen molar-refractivity contribution in [2.75, 3.05) is 0 Å². The molecule has 1 N–H and O–H groups in total. The molecule has 1 aromatic carbocycles. The fourth-order valence-corrected chi connectivity index (χ4v) is 2.12. The van der Waals surface area contributed by atoms with Crippen LogP contribution in [0.15, 0.2) is 24.3 Å². The van der Waals surface area contributed by atoms with Crippen molar-refractivity contribution in [3.8, 4) is 0 Å². The van der Waals surface area contributed by atoms with Gasteiger partial charge in [-0.2, -0.15) is 0 Å². The van der Waals surface area contributed by atoms with Crippen LogP contribution in [-0.2, 0) is 6.42 Å². The van der Waals surface area contributed by atoms with E-state index in [1.807, 2.05) is 45.0 Å². The Hall–Kier alpha value is -1.06. The van der Waals surface area contributed by atoms with Crippen molar-refractivity contribution in [3.05, 3.63) is 35.4 Å². The van der Waals surface area contributed by atoms with Crippen molar-refractivity contribution < 1.29 is 4.79 Å². The highest BCUT2D eigenvalue weighted by atomic mass is 35.5. The van der Waals surface area contributed by atoms with E-state index in [1.165, 1.54) is 23.4 Å². The molecule has 0 saturated heterocycles. The largest absolute Gasteiger partial charge is 0.269 e. The summed E-state index contributed by atoms with van der Waals surface area (Å²) < 4.78 is 0. The zero-order valence-electron chi connectivity index (χ0n) is 12.2. The van der Waals surface area contributed by atoms with Crippen molar-refractivity contribution in [3.63, 3.8) is 0 Å². The molecule has 0 bridgehead atoms. The molecule has 1 rings (SSSR count). The lowest BCUT2D eigenvalue weighted by molar-refractivity contribution is 0.0516. The van der Waals surface area contributed by atoms with Crippen molar-refractivity contribution in [1.29, 1.82) is 0 Å². The van der Waals surface area contributed by atoms with Gasteiger partial charge in [0.25, 0.3) is 5.91 Å². The van der Waals surface area contributed by atoms with Crippen molar-refractivity contribution in [1.82, 2.24) is 9.95 Å². The van der Waals surface area contributed by atoms with E-state index in [-0.39, 0.29) is 11.4 Å². The molecule has 0 atom stereocenters. The number of aryl methyl sites for hydroxylation is 1. The third-order valence-electron chi connectivity index (χ3n) is 2.98. The van der Waals surface area contributed by atoms with Gasteiger partial charge in [-0.15, -0.1) is 4.94 Å². The van der Waals surface area contributed by atoms with Crippen LogP contribution >= 0.6 is 11.8 Å². The van der Waals surface area contributed by atoms with Crippen molar-refractivity contribution in [2.24, 2.45) is 0 Å². The Balaban J connectivity index is 2.82. The van der Waals surface area contributed by atoms with Gasteiger partial charge in [0.2, 0.25) is 0 Å². The summed E-state index contributed by atoms with van der Waals surface area (Å²) in [6, 6.07) is 7.75. The van der Waals surface area contributed by atoms with Crippen molar-refractivity contribution >= 4 is 17.7 Å². The molecule has 3 nitrogen and oxygen atoms in total. The number of hydrazine groups is 1. The van der Waals surface area contributed by atoms with Crippen LogP contribution in [0.2, 0.25) is 0 Å². The first kappa shape index (κ1) is 16.0. The van der Waals surface area contributed by atoms with Gasteiger partial charge in [0.1, 0.15) is 0 Å². The number of halogens is 1. The maximum atomic E-state index is 12.3. The van der Waals surface area contributed by atoms with Crippen LogP contribution in [0.3, 0.4) is 0 Å². The number of unbranched alkanes of at least 4 members (excludes halogenated alkanes) is 1. The summed E-state index contributed by atoms with van der Waals surface area (Å²) in [5.74, 6) is -0.121. The molecule has 1 aromatic rings. The molecule has 0 aliphatic heterocycles. The monoisotopic (exact) mass is 282 g/mol. The van der Waals surface area contributed by atoms with E-state index < -0.39 is 0 Å². The molecule has 0 unspecified atom stereocenters. The number of nitrogens with one attached hydrogen (secondary N) is 1. The summed E-state index contributed by atoms with van der Waals surface area (Å²) in [5.41, 5.74) is 1.53. The minimum atomic E-state index is -0.375. The lowest BCUT2D eigenvalue weighted by atomic mass is 10.0. The van der Waals surface area contributed by atoms with E-state index in [0.29, 0.717) is 5.56 Å². The molecule has 0 aromatic heterocycles. The molecule has 106 valence electrons. The van der Waals surface area contributed by atoms with Gasteiger partial charge in [0, 0.05) is 5.56 Å². The Morgan fingerprint density at radius 1 is 1.26 bits per heavy atom. The summed E-state index contributed by atoms with van der Waals surface area (Å²) in [4.78, 5) is 14.8. The fourth-order valence-electron chi connectivity index (χ4n) is 1.79. The Kier molecular flexibility index (Phi) is 5.83. The first-order valence-electron chi connectivity index (χ1n) is 6.70. The molecule has 0 radical (unpaired) electrons. The zero-order valence-corrected chi connectivity index (χ0v) is 12.9. The van der Waals surface area contributed by atoms with Gasteiger partial charge < -0.3 is 0 Å². The van der Waals surface area contributed by atoms with E-state index in [4.69, 9.17) is 11.8 Å². The molecular formula is C15H23ClN2O. The van der Waals surface area contributed by atoms with Crippen LogP contribution in [0.1, 0.15) is 56.5 Å². The maximum Gasteiger partial charge on any atom is 0.269 e. The number of hydrogen-bond donors (Lipinski definition) is 1. The SMILES string of the molecule is CCCCc1ccc(C(=O)N(NCl)C(C)(C)C)cc1. The topological polar surface area (TPSA) is 32.3 Å². The van der Waals surface area contributed by atoms with Gasteiger partial charge in [-0.25, -0.2) is 0 Å². The van der Waals surface area contributed by atoms with Crippen LogP contribution in [0.25, 0.3) is 0 Å². The Morgan fingerprint density at radius 3 is 2.26 bits per heavy atom. The quantitative estimate of drug-likeness (QED) is 0.656. The summed E-state index contributed by atoms with van der Waals surface area (Å²) in [6.45, 7) is 7.95. The van der Waals surface area contributed by atoms with Gasteiger partial charge in [-0.1, -0.05) is 25.5 Å². The number of hydrogen-bond acceptors (Lipinski definition) is 2. The highest BCUT2D eigenvalue weighted by Gasteiger charge is 2.26. The van der Waals surface area contributed by atoms with Crippen LogP contribution in [0.5, 0.6) is 0 Å². The van der Waals surface area contributed by atoms with E-state index in [0.717, 1.165) is 6.42 Å². The number of rotatable bonds is 5. The van der Waals surface area contributed by atoms with Gasteiger partial charge in [-0.05, 0) is 63.1 Å². The van der Waals surface area contributed by atoms with Crippen LogP contribution in [0.4, 0.5) is 0 Å². The number of carbonyl (C=O) groups is 1. The zero-order chi connectivity index (χ0) is 14.5. The highest BCUT2D eigenvalue weighted by Crippen LogP contribution is 2.16. The van der Waals surface area contributed by atoms with E-state index in [1.54, 1.807) is 0 Å². The average molecular weight is 283 g/mol. The normalized spacial score (nSPS) is 11.4. The van der Waals surface area contributed by atoms with E-state index in [2.05, 4.69) is 11.9 Å². The van der Waals surface area contributed by atoms with E-state index >= 15 is 0 Å². The Labute approximate surface area is 121 Å². The molecule has 4 heteroatoms. The maximum absolute atomic E-state index is 12.3. The summed E-state index contributed by atoms with van der Waals surface area (Å²) in [5, 5.41) is 1.43. The standard InChI is InChI=1S/C15H23ClN2O/c1-5-6-7-12-8-10-13(11-9-12)14(19)18(17-16)15(2,3)4/h8-11,17H,5-7H2,1-4H3. The summed E-state index contributed by atoms with van der Waals surface area (Å²) in [7, 11) is 0. The third kappa shape index (κ3) is 4.51. The van der Waals surface area contributed by atoms with Gasteiger partial charge >= 0.3 is 0 Å². The molecule has 0 heterocycles. The third-order valence-corrected chi connectivity index (χ3v) is 3.15. The second-order valence-electron chi connectivity index (χ2n) is 5.70. The summed E-state index contributed by atoms with van der Waals surface area (Å²) in [6.07, 6.45) is 3.40. The lowest BCUT2D eigenvalue weighted by Gasteiger charge is -2.33. The lowest BCUT2D eigenvalue weighted by Crippen LogP contribution is -2.50. The van der Waals surface area contributed by atoms with Crippen LogP contribution in [-0.4, -0.2) is 16.5 Å². The molecular weight excluding hydrogens is 260 g/mol. The number of benzene rings is 1.